The minimum atomic E-state index is -0.585. The Labute approximate surface area is 231 Å². The molecule has 3 atom stereocenters. The minimum Gasteiger partial charge on any atom is -0.484 e. The minimum absolute atomic E-state index is 0.00981. The Balaban J connectivity index is 1.05. The highest BCUT2D eigenvalue weighted by atomic mass is 35.5. The Morgan fingerprint density at radius 2 is 1.89 bits per heavy atom. The number of hydrogen-bond donors (Lipinski definition) is 2. The third-order valence-corrected chi connectivity index (χ3v) is 10.1. The van der Waals surface area contributed by atoms with Crippen LogP contribution >= 0.6 is 22.9 Å². The molecule has 4 aliphatic carbocycles. The molecule has 2 heterocycles. The summed E-state index contributed by atoms with van der Waals surface area (Å²) in [6, 6.07) is 6.05. The molecule has 0 saturated heterocycles. The van der Waals surface area contributed by atoms with E-state index in [0.717, 1.165) is 44.9 Å². The second-order valence-corrected chi connectivity index (χ2v) is 12.8. The molecule has 1 aromatic carbocycles. The number of amides is 2. The third kappa shape index (κ3) is 4.60. The maximum absolute atomic E-state index is 13.8. The zero-order chi connectivity index (χ0) is 26.5. The largest absolute Gasteiger partial charge is 0.484 e. The van der Waals surface area contributed by atoms with E-state index in [1.54, 1.807) is 11.3 Å². The van der Waals surface area contributed by atoms with Gasteiger partial charge in [0.15, 0.2) is 6.61 Å². The molecule has 9 heteroatoms. The molecule has 0 spiro atoms. The summed E-state index contributed by atoms with van der Waals surface area (Å²) < 4.78 is 19.0. The zero-order valence-corrected chi connectivity index (χ0v) is 23.0. The number of nitrogens with zero attached hydrogens (tertiary/aromatic N) is 1. The van der Waals surface area contributed by atoms with Crippen molar-refractivity contribution in [2.45, 2.75) is 74.4 Å². The van der Waals surface area contributed by atoms with Crippen molar-refractivity contribution in [2.24, 2.45) is 5.92 Å². The van der Waals surface area contributed by atoms with Gasteiger partial charge in [-0.25, -0.2) is 4.39 Å². The summed E-state index contributed by atoms with van der Waals surface area (Å²) in [5, 5.41) is 8.61. The number of hydrogen-bond acceptors (Lipinski definition) is 5. The van der Waals surface area contributed by atoms with Gasteiger partial charge in [0, 0.05) is 35.0 Å². The number of ether oxygens (including phenoxy) is 1. The molecule has 202 valence electrons. The number of halogens is 2. The molecule has 5 aliphatic rings. The van der Waals surface area contributed by atoms with Crippen LogP contribution in [0.3, 0.4) is 0 Å². The van der Waals surface area contributed by atoms with Crippen LogP contribution in [0.2, 0.25) is 5.02 Å². The van der Waals surface area contributed by atoms with Gasteiger partial charge in [-0.05, 0) is 80.9 Å². The highest BCUT2D eigenvalue weighted by Gasteiger charge is 2.69. The van der Waals surface area contributed by atoms with E-state index in [4.69, 9.17) is 16.3 Å². The summed E-state index contributed by atoms with van der Waals surface area (Å²) in [5.41, 5.74) is 0.666. The lowest BCUT2D eigenvalue weighted by atomic mass is 9.44. The van der Waals surface area contributed by atoms with E-state index < -0.39 is 5.82 Å². The fourth-order valence-electron chi connectivity index (χ4n) is 7.18. The molecule has 3 unspecified atom stereocenters. The van der Waals surface area contributed by atoms with Crippen molar-refractivity contribution >= 4 is 40.4 Å². The lowest BCUT2D eigenvalue weighted by Gasteiger charge is -2.70. The molecule has 2 N–H and O–H groups in total. The van der Waals surface area contributed by atoms with E-state index >= 15 is 0 Å². The number of nitrogens with one attached hydrogen (secondary N) is 2. The average molecular weight is 558 g/mol. The van der Waals surface area contributed by atoms with E-state index in [1.165, 1.54) is 35.2 Å². The monoisotopic (exact) mass is 557 g/mol. The Hall–Kier alpha value is -2.58. The summed E-state index contributed by atoms with van der Waals surface area (Å²) in [4.78, 5) is 29.8. The number of thiophene rings is 1. The standard InChI is InChI=1S/C29H33ClFN3O3S/c1-34-22-11-12-38-26(22)24(18-7-5-3-2-4-6-8-18)25(34)27(36)33-29-15-28(16-29,17-29)32-23(35)14-37-19-9-10-20(30)21(31)13-19/h2-3,9-13,18,24-25H,4-8,14-17H2,1H3,(H,32,35)(H,33,36)/b3-2-. The van der Waals surface area contributed by atoms with E-state index in [-0.39, 0.29) is 52.2 Å². The Bertz CT molecular complexity index is 1260. The van der Waals surface area contributed by atoms with Gasteiger partial charge >= 0.3 is 0 Å². The number of fused-ring (bicyclic) bond motifs is 1. The van der Waals surface area contributed by atoms with Gasteiger partial charge in [-0.3, -0.25) is 9.59 Å². The van der Waals surface area contributed by atoms with Crippen molar-refractivity contribution in [3.63, 3.8) is 0 Å². The molecule has 0 radical (unpaired) electrons. The molecule has 2 aromatic rings. The van der Waals surface area contributed by atoms with Crippen LogP contribution in [0.4, 0.5) is 10.1 Å². The van der Waals surface area contributed by atoms with Crippen LogP contribution in [0.5, 0.6) is 5.75 Å². The number of benzene rings is 1. The van der Waals surface area contributed by atoms with E-state index in [1.807, 2.05) is 0 Å². The topological polar surface area (TPSA) is 70.7 Å². The van der Waals surface area contributed by atoms with Crippen LogP contribution in [-0.4, -0.2) is 42.6 Å². The smallest absolute Gasteiger partial charge is 0.258 e. The van der Waals surface area contributed by atoms with Gasteiger partial charge in [-0.2, -0.15) is 0 Å². The molecule has 6 nitrogen and oxygen atoms in total. The molecule has 3 saturated carbocycles. The number of likely N-dealkylation sites (N-methyl/N-ethyl adjacent to an activating group) is 1. The predicted molar refractivity (Wildman–Crippen MR) is 147 cm³/mol. The molecule has 38 heavy (non-hydrogen) atoms. The molecule has 1 aliphatic heterocycles. The quantitative estimate of drug-likeness (QED) is 0.437. The number of anilines is 1. The lowest BCUT2D eigenvalue weighted by Crippen LogP contribution is -2.84. The zero-order valence-electron chi connectivity index (χ0n) is 21.5. The molecular weight excluding hydrogens is 525 g/mol. The van der Waals surface area contributed by atoms with Gasteiger partial charge in [-0.1, -0.05) is 23.8 Å². The van der Waals surface area contributed by atoms with E-state index in [9.17, 15) is 14.0 Å². The molecule has 7 rings (SSSR count). The summed E-state index contributed by atoms with van der Waals surface area (Å²) >= 11 is 7.48. The van der Waals surface area contributed by atoms with Crippen LogP contribution in [0, 0.1) is 11.7 Å². The first-order chi connectivity index (χ1) is 18.3. The fraction of sp³-hybridized carbons (Fsp3) is 0.517. The summed E-state index contributed by atoms with van der Waals surface area (Å²) in [6.45, 7) is -0.199. The SMILES string of the molecule is CN1c2ccsc2C(C2CC/C=C\CCC2)C1C(=O)NC12CC(NC(=O)COc3ccc(Cl)c(F)c3)(C1)C2. The third-order valence-electron chi connectivity index (χ3n) is 8.79. The molecule has 2 bridgehead atoms. The average Bonchev–Trinajstić information content (AvgIpc) is 3.40. The fourth-order valence-corrected chi connectivity index (χ4v) is 8.46. The van der Waals surface area contributed by atoms with Gasteiger partial charge in [0.25, 0.3) is 5.91 Å². The maximum atomic E-state index is 13.8. The first-order valence-corrected chi connectivity index (χ1v) is 14.7. The molecule has 3 fully saturated rings. The second-order valence-electron chi connectivity index (χ2n) is 11.5. The van der Waals surface area contributed by atoms with E-state index in [0.29, 0.717) is 5.92 Å². The first-order valence-electron chi connectivity index (χ1n) is 13.4. The lowest BCUT2D eigenvalue weighted by molar-refractivity contribution is -0.151. The highest BCUT2D eigenvalue weighted by Crippen LogP contribution is 2.60. The summed E-state index contributed by atoms with van der Waals surface area (Å²) in [7, 11) is 2.05. The molecule has 2 amide bonds. The Kier molecular flexibility index (Phi) is 6.67. The van der Waals surface area contributed by atoms with Gasteiger partial charge in [0.1, 0.15) is 17.6 Å². The maximum Gasteiger partial charge on any atom is 0.258 e. The number of allylic oxidation sites excluding steroid dienone is 2. The van der Waals surface area contributed by atoms with Crippen molar-refractivity contribution in [3.8, 4) is 5.75 Å². The molecule has 1 aromatic heterocycles. The highest BCUT2D eigenvalue weighted by molar-refractivity contribution is 7.10. The van der Waals surface area contributed by atoms with Crippen LogP contribution in [-0.2, 0) is 9.59 Å². The van der Waals surface area contributed by atoms with Crippen LogP contribution < -0.4 is 20.3 Å². The van der Waals surface area contributed by atoms with Gasteiger partial charge in [-0.15, -0.1) is 11.3 Å². The first kappa shape index (κ1) is 25.7. The van der Waals surface area contributed by atoms with Gasteiger partial charge in [0.2, 0.25) is 5.91 Å². The van der Waals surface area contributed by atoms with Crippen LogP contribution in [0.1, 0.15) is 62.2 Å². The number of carbonyl (C=O) groups excluding carboxylic acids is 2. The van der Waals surface area contributed by atoms with Gasteiger partial charge < -0.3 is 20.3 Å². The van der Waals surface area contributed by atoms with Gasteiger partial charge in [0.05, 0.1) is 10.7 Å². The van der Waals surface area contributed by atoms with E-state index in [2.05, 4.69) is 46.2 Å². The van der Waals surface area contributed by atoms with Crippen molar-refractivity contribution in [1.82, 2.24) is 10.6 Å². The van der Waals surface area contributed by atoms with Crippen molar-refractivity contribution in [2.75, 3.05) is 18.6 Å². The Morgan fingerprint density at radius 1 is 1.13 bits per heavy atom. The number of rotatable bonds is 7. The van der Waals surface area contributed by atoms with Crippen molar-refractivity contribution in [1.29, 1.82) is 0 Å². The predicted octanol–water partition coefficient (Wildman–Crippen LogP) is 5.57. The second kappa shape index (κ2) is 9.87. The summed E-state index contributed by atoms with van der Waals surface area (Å²) in [5.74, 6) is 0.235. The summed E-state index contributed by atoms with van der Waals surface area (Å²) in [6.07, 6.45) is 12.4. The number of carbonyl (C=O) groups is 2. The van der Waals surface area contributed by atoms with Crippen LogP contribution in [0.25, 0.3) is 0 Å². The van der Waals surface area contributed by atoms with Crippen molar-refractivity contribution in [3.05, 3.63) is 57.5 Å². The normalized spacial score (nSPS) is 32.2. The van der Waals surface area contributed by atoms with Crippen molar-refractivity contribution < 1.29 is 18.7 Å². The Morgan fingerprint density at radius 3 is 2.68 bits per heavy atom. The van der Waals surface area contributed by atoms with Crippen LogP contribution in [0.15, 0.2) is 41.8 Å². The molecular formula is C29H33ClFN3O3S.